The number of rotatable bonds is 12. The summed E-state index contributed by atoms with van der Waals surface area (Å²) >= 11 is 3.53. The number of nitrogens with zero attached hydrogens (tertiary/aromatic N) is 2. The molecule has 4 aromatic carbocycles. The third-order valence-corrected chi connectivity index (χ3v) is 10.7. The fourth-order valence-electron chi connectivity index (χ4n) is 5.90. The highest BCUT2D eigenvalue weighted by Gasteiger charge is 2.35. The molecule has 0 aromatic heterocycles. The van der Waals surface area contributed by atoms with Gasteiger partial charge in [0, 0.05) is 23.5 Å². The smallest absolute Gasteiger partial charge is 0.264 e. The van der Waals surface area contributed by atoms with E-state index >= 15 is 0 Å². The number of aryl methyl sites for hydroxylation is 2. The van der Waals surface area contributed by atoms with Crippen LogP contribution in [0.5, 0.6) is 0 Å². The van der Waals surface area contributed by atoms with Gasteiger partial charge in [-0.3, -0.25) is 13.9 Å². The van der Waals surface area contributed by atoms with E-state index in [4.69, 9.17) is 0 Å². The second-order valence-corrected chi connectivity index (χ2v) is 14.8. The lowest BCUT2D eigenvalue weighted by Crippen LogP contribution is -2.54. The number of carbonyl (C=O) groups is 2. The van der Waals surface area contributed by atoms with Crippen molar-refractivity contribution >= 4 is 43.5 Å². The van der Waals surface area contributed by atoms with E-state index in [9.17, 15) is 18.0 Å². The standard InChI is InChI=1S/C37H40BrN3O4S/c1-27-18-20-34(21-19-27)46(44,45)41(33-17-8-10-28(2)22-33)26-36(42)40(25-30-13-9-14-31(38)23-30)35(24-29-11-4-3-5-12-29)37(43)39-32-15-6-7-16-32/h3-5,8-14,17-23,32,35H,6-7,15-16,24-26H2,1-2H3,(H,39,43)/t35-/m1/s1. The van der Waals surface area contributed by atoms with Crippen molar-refractivity contribution in [3.63, 3.8) is 0 Å². The summed E-state index contributed by atoms with van der Waals surface area (Å²) < 4.78 is 30.4. The van der Waals surface area contributed by atoms with E-state index in [1.165, 1.54) is 0 Å². The zero-order valence-corrected chi connectivity index (χ0v) is 28.6. The molecule has 240 valence electrons. The lowest BCUT2D eigenvalue weighted by molar-refractivity contribution is -0.140. The molecule has 1 aliphatic carbocycles. The first-order valence-corrected chi connectivity index (χ1v) is 17.9. The van der Waals surface area contributed by atoms with E-state index in [-0.39, 0.29) is 29.8 Å². The maximum Gasteiger partial charge on any atom is 0.264 e. The largest absolute Gasteiger partial charge is 0.352 e. The Morgan fingerprint density at radius 2 is 1.50 bits per heavy atom. The van der Waals surface area contributed by atoms with Crippen molar-refractivity contribution < 1.29 is 18.0 Å². The van der Waals surface area contributed by atoms with Gasteiger partial charge in [0.2, 0.25) is 11.8 Å². The molecule has 1 saturated carbocycles. The number of amides is 2. The molecule has 0 saturated heterocycles. The van der Waals surface area contributed by atoms with Crippen LogP contribution >= 0.6 is 15.9 Å². The van der Waals surface area contributed by atoms with Crippen LogP contribution in [0.25, 0.3) is 0 Å². The quantitative estimate of drug-likeness (QED) is 0.173. The summed E-state index contributed by atoms with van der Waals surface area (Å²) in [6.07, 6.45) is 4.20. The molecule has 2 amide bonds. The third-order valence-electron chi connectivity index (χ3n) is 8.39. The minimum atomic E-state index is -4.14. The number of benzene rings is 4. The van der Waals surface area contributed by atoms with Gasteiger partial charge in [-0.05, 0) is 79.8 Å². The van der Waals surface area contributed by atoms with E-state index in [2.05, 4.69) is 21.2 Å². The van der Waals surface area contributed by atoms with E-state index < -0.39 is 28.5 Å². The van der Waals surface area contributed by atoms with Crippen molar-refractivity contribution in [2.24, 2.45) is 0 Å². The molecule has 4 aromatic rings. The summed E-state index contributed by atoms with van der Waals surface area (Å²) in [5.41, 5.74) is 3.89. The summed E-state index contributed by atoms with van der Waals surface area (Å²) in [4.78, 5) is 30.4. The minimum absolute atomic E-state index is 0.0549. The maximum atomic E-state index is 14.6. The van der Waals surface area contributed by atoms with Crippen molar-refractivity contribution in [1.82, 2.24) is 10.2 Å². The van der Waals surface area contributed by atoms with Gasteiger partial charge in [-0.25, -0.2) is 8.42 Å². The molecule has 5 rings (SSSR count). The highest BCUT2D eigenvalue weighted by Crippen LogP contribution is 2.27. The number of sulfonamides is 1. The number of hydrogen-bond acceptors (Lipinski definition) is 4. The molecule has 7 nitrogen and oxygen atoms in total. The van der Waals surface area contributed by atoms with Crippen molar-refractivity contribution in [3.05, 3.63) is 130 Å². The van der Waals surface area contributed by atoms with Crippen LogP contribution in [0.3, 0.4) is 0 Å². The van der Waals surface area contributed by atoms with Gasteiger partial charge in [-0.1, -0.05) is 101 Å². The zero-order valence-electron chi connectivity index (χ0n) is 26.2. The number of anilines is 1. The summed E-state index contributed by atoms with van der Waals surface area (Å²) in [5.74, 6) is -0.706. The van der Waals surface area contributed by atoms with Gasteiger partial charge in [0.05, 0.1) is 10.6 Å². The molecule has 0 bridgehead atoms. The lowest BCUT2D eigenvalue weighted by atomic mass is 10.0. The van der Waals surface area contributed by atoms with Crippen molar-refractivity contribution in [1.29, 1.82) is 0 Å². The van der Waals surface area contributed by atoms with Gasteiger partial charge >= 0.3 is 0 Å². The highest BCUT2D eigenvalue weighted by atomic mass is 79.9. The first-order valence-electron chi connectivity index (χ1n) is 15.6. The minimum Gasteiger partial charge on any atom is -0.352 e. The van der Waals surface area contributed by atoms with Crippen LogP contribution in [0.2, 0.25) is 0 Å². The number of hydrogen-bond donors (Lipinski definition) is 1. The molecule has 0 unspecified atom stereocenters. The molecule has 0 aliphatic heterocycles. The van der Waals surface area contributed by atoms with E-state index in [1.807, 2.05) is 74.5 Å². The number of carbonyl (C=O) groups excluding carboxylic acids is 2. The Kier molecular flexibility index (Phi) is 11.0. The fraction of sp³-hybridized carbons (Fsp3) is 0.297. The van der Waals surface area contributed by atoms with Gasteiger partial charge in [0.15, 0.2) is 0 Å². The molecular formula is C37H40BrN3O4S. The molecule has 1 aliphatic rings. The van der Waals surface area contributed by atoms with Crippen molar-refractivity contribution in [2.75, 3.05) is 10.8 Å². The van der Waals surface area contributed by atoms with Gasteiger partial charge in [-0.2, -0.15) is 0 Å². The SMILES string of the molecule is Cc1ccc(S(=O)(=O)N(CC(=O)N(Cc2cccc(Br)c2)[C@H](Cc2ccccc2)C(=O)NC2CCCC2)c2cccc(C)c2)cc1. The van der Waals surface area contributed by atoms with Crippen LogP contribution in [0, 0.1) is 13.8 Å². The normalized spacial score (nSPS) is 14.1. The summed E-state index contributed by atoms with van der Waals surface area (Å²) in [6, 6.07) is 30.1. The Morgan fingerprint density at radius 1 is 0.826 bits per heavy atom. The lowest BCUT2D eigenvalue weighted by Gasteiger charge is -2.34. The second-order valence-electron chi connectivity index (χ2n) is 12.0. The monoisotopic (exact) mass is 701 g/mol. The Labute approximate surface area is 280 Å². The number of nitrogens with one attached hydrogen (secondary N) is 1. The molecular weight excluding hydrogens is 662 g/mol. The molecule has 1 atom stereocenters. The first kappa shape index (κ1) is 33.4. The predicted molar refractivity (Wildman–Crippen MR) is 186 cm³/mol. The Balaban J connectivity index is 1.57. The highest BCUT2D eigenvalue weighted by molar-refractivity contribution is 9.10. The molecule has 0 radical (unpaired) electrons. The second kappa shape index (κ2) is 15.1. The van der Waals surface area contributed by atoms with Gasteiger partial charge in [-0.15, -0.1) is 0 Å². The van der Waals surface area contributed by atoms with Crippen LogP contribution in [0.15, 0.2) is 112 Å². The molecule has 9 heteroatoms. The third kappa shape index (κ3) is 8.44. The maximum absolute atomic E-state index is 14.6. The van der Waals surface area contributed by atoms with Gasteiger partial charge in [0.25, 0.3) is 10.0 Å². The predicted octanol–water partition coefficient (Wildman–Crippen LogP) is 6.96. The van der Waals surface area contributed by atoms with Crippen molar-refractivity contribution in [2.45, 2.75) is 69.5 Å². The average molecular weight is 703 g/mol. The summed E-state index contributed by atoms with van der Waals surface area (Å²) in [7, 11) is -4.14. The first-order chi connectivity index (χ1) is 22.1. The fourth-order valence-corrected chi connectivity index (χ4v) is 7.76. The van der Waals surface area contributed by atoms with Crippen LogP contribution < -0.4 is 9.62 Å². The Bertz CT molecular complexity index is 1760. The average Bonchev–Trinajstić information content (AvgIpc) is 3.55. The number of halogens is 1. The van der Waals surface area contributed by atoms with Gasteiger partial charge in [0.1, 0.15) is 12.6 Å². The Hall–Kier alpha value is -3.95. The van der Waals surface area contributed by atoms with Gasteiger partial charge < -0.3 is 10.2 Å². The molecule has 46 heavy (non-hydrogen) atoms. The Morgan fingerprint density at radius 3 is 2.17 bits per heavy atom. The van der Waals surface area contributed by atoms with Crippen LogP contribution in [0.4, 0.5) is 5.69 Å². The van der Waals surface area contributed by atoms with Crippen molar-refractivity contribution in [3.8, 4) is 0 Å². The topological polar surface area (TPSA) is 86.8 Å². The van der Waals surface area contributed by atoms with Crippen LogP contribution in [0.1, 0.15) is 47.9 Å². The summed E-state index contributed by atoms with van der Waals surface area (Å²) in [5, 5.41) is 3.21. The molecule has 0 spiro atoms. The zero-order chi connectivity index (χ0) is 32.7. The molecule has 0 heterocycles. The summed E-state index contributed by atoms with van der Waals surface area (Å²) in [6.45, 7) is 3.42. The molecule has 1 fully saturated rings. The molecule has 1 N–H and O–H groups in total. The van der Waals surface area contributed by atoms with Crippen LogP contribution in [-0.2, 0) is 32.6 Å². The van der Waals surface area contributed by atoms with E-state index in [0.717, 1.165) is 56.7 Å². The van der Waals surface area contributed by atoms with E-state index in [1.54, 1.807) is 47.4 Å². The van der Waals surface area contributed by atoms with E-state index in [0.29, 0.717) is 5.69 Å². The van der Waals surface area contributed by atoms with Crippen LogP contribution in [-0.4, -0.2) is 43.8 Å².